The van der Waals surface area contributed by atoms with Crippen LogP contribution in [0.25, 0.3) is 0 Å². The number of hydrogen-bond acceptors (Lipinski definition) is 2. The molecule has 0 heterocycles. The molecule has 0 aliphatic heterocycles. The van der Waals surface area contributed by atoms with E-state index in [9.17, 15) is 0 Å². The molecule has 1 saturated carbocycles. The van der Waals surface area contributed by atoms with Crippen molar-refractivity contribution in [3.8, 4) is 0 Å². The second kappa shape index (κ2) is 7.08. The number of nitrogens with one attached hydrogen (secondary N) is 1. The Labute approximate surface area is 120 Å². The normalized spacial score (nSPS) is 28.9. The lowest BCUT2D eigenvalue weighted by atomic mass is 9.68. The van der Waals surface area contributed by atoms with Crippen LogP contribution in [0.15, 0.2) is 0 Å². The number of hydrogen-bond donors (Lipinski definition) is 1. The number of ether oxygens (including phenoxy) is 1. The molecule has 1 aliphatic carbocycles. The fourth-order valence-electron chi connectivity index (χ4n) is 3.34. The largest absolute Gasteiger partial charge is 0.371 e. The first-order valence-electron chi connectivity index (χ1n) is 8.17. The van der Waals surface area contributed by atoms with Crippen molar-refractivity contribution in [3.05, 3.63) is 0 Å². The molecule has 2 heteroatoms. The van der Waals surface area contributed by atoms with Crippen LogP contribution >= 0.6 is 0 Å². The molecule has 0 aromatic rings. The summed E-state index contributed by atoms with van der Waals surface area (Å²) in [6, 6.07) is 0. The quantitative estimate of drug-likeness (QED) is 0.722. The smallest absolute Gasteiger partial charge is 0.0809 e. The second-order valence-electron chi connectivity index (χ2n) is 7.67. The summed E-state index contributed by atoms with van der Waals surface area (Å²) in [5, 5.41) is 3.58. The summed E-state index contributed by atoms with van der Waals surface area (Å²) in [5.41, 5.74) is 0.534. The fourth-order valence-corrected chi connectivity index (χ4v) is 3.34. The zero-order valence-corrected chi connectivity index (χ0v) is 14.0. The van der Waals surface area contributed by atoms with Crippen LogP contribution < -0.4 is 5.32 Å². The molecule has 1 rings (SSSR count). The molecule has 0 bridgehead atoms. The van der Waals surface area contributed by atoms with Crippen LogP contribution in [0.4, 0.5) is 0 Å². The van der Waals surface area contributed by atoms with Crippen LogP contribution in [-0.2, 0) is 4.74 Å². The monoisotopic (exact) mass is 269 g/mol. The van der Waals surface area contributed by atoms with Gasteiger partial charge in [0.15, 0.2) is 0 Å². The van der Waals surface area contributed by atoms with Gasteiger partial charge in [0.2, 0.25) is 0 Å². The summed E-state index contributed by atoms with van der Waals surface area (Å²) < 4.78 is 6.32. The van der Waals surface area contributed by atoms with Crippen LogP contribution in [0.1, 0.15) is 73.6 Å². The van der Waals surface area contributed by atoms with E-state index >= 15 is 0 Å². The van der Waals surface area contributed by atoms with Crippen molar-refractivity contribution in [2.75, 3.05) is 13.1 Å². The lowest BCUT2D eigenvalue weighted by Gasteiger charge is -2.45. The van der Waals surface area contributed by atoms with Crippen LogP contribution in [0.3, 0.4) is 0 Å². The Morgan fingerprint density at radius 3 is 2.21 bits per heavy atom. The van der Waals surface area contributed by atoms with E-state index in [1.54, 1.807) is 0 Å². The predicted molar refractivity (Wildman–Crippen MR) is 83.5 cm³/mol. The van der Waals surface area contributed by atoms with Gasteiger partial charge in [-0.1, -0.05) is 27.7 Å². The van der Waals surface area contributed by atoms with E-state index in [0.29, 0.717) is 11.5 Å². The van der Waals surface area contributed by atoms with Gasteiger partial charge in [-0.25, -0.2) is 0 Å². The average Bonchev–Trinajstić information content (AvgIpc) is 2.27. The van der Waals surface area contributed by atoms with Crippen molar-refractivity contribution in [2.24, 2.45) is 11.3 Å². The van der Waals surface area contributed by atoms with Gasteiger partial charge in [-0.05, 0) is 63.8 Å². The molecule has 0 atom stereocenters. The van der Waals surface area contributed by atoms with E-state index in [2.05, 4.69) is 46.9 Å². The summed E-state index contributed by atoms with van der Waals surface area (Å²) >= 11 is 0. The Kier molecular flexibility index (Phi) is 6.32. The predicted octanol–water partition coefficient (Wildman–Crippen LogP) is 4.39. The summed E-state index contributed by atoms with van der Waals surface area (Å²) in [5.74, 6) is 0.850. The van der Waals surface area contributed by atoms with Crippen molar-refractivity contribution >= 4 is 0 Å². The summed E-state index contributed by atoms with van der Waals surface area (Å²) in [7, 11) is 0. The van der Waals surface area contributed by atoms with Gasteiger partial charge in [0, 0.05) is 6.54 Å². The van der Waals surface area contributed by atoms with E-state index in [4.69, 9.17) is 4.74 Å². The van der Waals surface area contributed by atoms with E-state index in [1.807, 2.05) is 0 Å². The van der Waals surface area contributed by atoms with Gasteiger partial charge in [-0.15, -0.1) is 0 Å². The molecule has 1 N–H and O–H groups in total. The highest BCUT2D eigenvalue weighted by molar-refractivity contribution is 4.92. The molecule has 0 amide bonds. The summed E-state index contributed by atoms with van der Waals surface area (Å²) in [6.07, 6.45) is 6.57. The van der Waals surface area contributed by atoms with Crippen LogP contribution in [0, 0.1) is 11.3 Å². The Morgan fingerprint density at radius 1 is 1.21 bits per heavy atom. The first-order valence-corrected chi connectivity index (χ1v) is 8.17. The molecule has 0 spiro atoms. The first kappa shape index (κ1) is 17.0. The van der Waals surface area contributed by atoms with Crippen molar-refractivity contribution in [2.45, 2.75) is 85.4 Å². The topological polar surface area (TPSA) is 21.3 Å². The van der Waals surface area contributed by atoms with Gasteiger partial charge in [-0.2, -0.15) is 0 Å². The third-order valence-electron chi connectivity index (χ3n) is 4.48. The molecule has 19 heavy (non-hydrogen) atoms. The summed E-state index contributed by atoms with van der Waals surface area (Å²) in [6.45, 7) is 15.8. The Bertz CT molecular complexity index is 246. The van der Waals surface area contributed by atoms with Crippen LogP contribution in [0.5, 0.6) is 0 Å². The molecule has 0 radical (unpaired) electrons. The maximum absolute atomic E-state index is 6.32. The molecule has 1 fully saturated rings. The van der Waals surface area contributed by atoms with E-state index in [1.165, 1.54) is 32.1 Å². The molecule has 0 aromatic carbocycles. The van der Waals surface area contributed by atoms with Crippen molar-refractivity contribution < 1.29 is 4.74 Å². The lowest BCUT2D eigenvalue weighted by molar-refractivity contribution is -0.112. The van der Waals surface area contributed by atoms with Crippen LogP contribution in [-0.4, -0.2) is 24.8 Å². The van der Waals surface area contributed by atoms with E-state index in [-0.39, 0.29) is 5.60 Å². The third-order valence-corrected chi connectivity index (χ3v) is 4.48. The first-order chi connectivity index (χ1) is 8.79. The molecule has 2 nitrogen and oxygen atoms in total. The number of rotatable bonds is 6. The summed E-state index contributed by atoms with van der Waals surface area (Å²) in [4.78, 5) is 0. The minimum Gasteiger partial charge on any atom is -0.371 e. The highest BCUT2D eigenvalue weighted by atomic mass is 16.5. The minimum atomic E-state index is 0.0884. The van der Waals surface area contributed by atoms with Crippen molar-refractivity contribution in [3.63, 3.8) is 0 Å². The SMILES string of the molecule is CCCNCC1(OC(C)C)CCC(C(C)(C)C)CC1. The van der Waals surface area contributed by atoms with Gasteiger partial charge in [0.05, 0.1) is 11.7 Å². The molecule has 0 unspecified atom stereocenters. The Balaban J connectivity index is 2.58. The van der Waals surface area contributed by atoms with E-state index in [0.717, 1.165) is 19.0 Å². The fraction of sp³-hybridized carbons (Fsp3) is 1.00. The highest BCUT2D eigenvalue weighted by Gasteiger charge is 2.39. The molecule has 1 aliphatic rings. The maximum Gasteiger partial charge on any atom is 0.0809 e. The van der Waals surface area contributed by atoms with Crippen molar-refractivity contribution in [1.82, 2.24) is 5.32 Å². The Morgan fingerprint density at radius 2 is 1.79 bits per heavy atom. The van der Waals surface area contributed by atoms with Crippen LogP contribution in [0.2, 0.25) is 0 Å². The molecular formula is C17H35NO. The van der Waals surface area contributed by atoms with Gasteiger partial charge >= 0.3 is 0 Å². The zero-order valence-electron chi connectivity index (χ0n) is 14.0. The standard InChI is InChI=1S/C17H35NO/c1-7-12-18-13-17(19-14(2)3)10-8-15(9-11-17)16(4,5)6/h14-15,18H,7-13H2,1-6H3. The highest BCUT2D eigenvalue weighted by Crippen LogP contribution is 2.43. The zero-order chi connectivity index (χ0) is 14.5. The van der Waals surface area contributed by atoms with Gasteiger partial charge < -0.3 is 10.1 Å². The van der Waals surface area contributed by atoms with E-state index < -0.39 is 0 Å². The Hall–Kier alpha value is -0.0800. The molecule has 0 aromatic heterocycles. The van der Waals surface area contributed by atoms with Gasteiger partial charge in [0.1, 0.15) is 0 Å². The second-order valence-corrected chi connectivity index (χ2v) is 7.67. The van der Waals surface area contributed by atoms with Gasteiger partial charge in [0.25, 0.3) is 0 Å². The lowest BCUT2D eigenvalue weighted by Crippen LogP contribution is -2.48. The maximum atomic E-state index is 6.32. The third kappa shape index (κ3) is 5.43. The van der Waals surface area contributed by atoms with Crippen molar-refractivity contribution in [1.29, 1.82) is 0 Å². The molecular weight excluding hydrogens is 234 g/mol. The molecule has 0 saturated heterocycles. The average molecular weight is 269 g/mol. The molecule has 114 valence electrons. The minimum absolute atomic E-state index is 0.0884. The van der Waals surface area contributed by atoms with Gasteiger partial charge in [-0.3, -0.25) is 0 Å².